The molecule has 3 aliphatic rings. The standard InChI is InChI=1S/C25H27N5O5S/c1-13-17(30(33)34)9-18(28(13)11-15-10-26-6-7-35-15)21-22-14(4-5-27-21)8-16(36-22)12-29-23(31)19-20(24(29)32)25(19,2)3/h4-5,8-9,15,19-20,26H,6-7,10-12H2,1-3H3/t15-,19?,20?/m1/s1. The van der Waals surface area contributed by atoms with Crippen LogP contribution >= 0.6 is 11.3 Å². The van der Waals surface area contributed by atoms with Gasteiger partial charge in [-0.25, -0.2) is 0 Å². The Morgan fingerprint density at radius 1 is 1.28 bits per heavy atom. The van der Waals surface area contributed by atoms with Crippen LogP contribution in [-0.2, 0) is 27.4 Å². The van der Waals surface area contributed by atoms with Crippen LogP contribution in [0.2, 0.25) is 0 Å². The number of hydrogen-bond donors (Lipinski definition) is 1. The molecule has 3 aromatic heterocycles. The highest BCUT2D eigenvalue weighted by Gasteiger charge is 2.72. The van der Waals surface area contributed by atoms with E-state index in [0.717, 1.165) is 21.5 Å². The minimum atomic E-state index is -0.368. The highest BCUT2D eigenvalue weighted by Crippen LogP contribution is 2.63. The summed E-state index contributed by atoms with van der Waals surface area (Å²) >= 11 is 1.47. The average Bonchev–Trinajstić information content (AvgIpc) is 3.14. The summed E-state index contributed by atoms with van der Waals surface area (Å²) in [4.78, 5) is 43.9. The van der Waals surface area contributed by atoms with Crippen LogP contribution in [0.4, 0.5) is 5.69 Å². The Hall–Kier alpha value is -3.15. The summed E-state index contributed by atoms with van der Waals surface area (Å²) in [7, 11) is 0. The molecule has 10 nitrogen and oxygen atoms in total. The summed E-state index contributed by atoms with van der Waals surface area (Å²) in [5.74, 6) is -0.598. The number of nitro groups is 1. The number of thiophene rings is 1. The minimum absolute atomic E-state index is 0.0412. The molecular formula is C25H27N5O5S. The first kappa shape index (κ1) is 23.3. The molecule has 2 saturated heterocycles. The molecule has 0 bridgehead atoms. The minimum Gasteiger partial charge on any atom is -0.374 e. The van der Waals surface area contributed by atoms with Gasteiger partial charge in [0.05, 0.1) is 58.6 Å². The van der Waals surface area contributed by atoms with Gasteiger partial charge in [-0.1, -0.05) is 13.8 Å². The number of fused-ring (bicyclic) bond motifs is 2. The number of amides is 2. The Morgan fingerprint density at radius 3 is 2.69 bits per heavy atom. The van der Waals surface area contributed by atoms with Gasteiger partial charge < -0.3 is 14.6 Å². The van der Waals surface area contributed by atoms with Gasteiger partial charge in [-0.2, -0.15) is 0 Å². The van der Waals surface area contributed by atoms with E-state index in [2.05, 4.69) is 10.3 Å². The summed E-state index contributed by atoms with van der Waals surface area (Å²) in [6, 6.07) is 5.44. The van der Waals surface area contributed by atoms with Crippen molar-refractivity contribution >= 4 is 38.9 Å². The van der Waals surface area contributed by atoms with Crippen LogP contribution in [0.15, 0.2) is 24.4 Å². The van der Waals surface area contributed by atoms with E-state index in [-0.39, 0.29) is 52.3 Å². The molecule has 0 spiro atoms. The van der Waals surface area contributed by atoms with Crippen molar-refractivity contribution in [2.45, 2.75) is 40.0 Å². The smallest absolute Gasteiger partial charge is 0.290 e. The van der Waals surface area contributed by atoms with Crippen LogP contribution < -0.4 is 5.32 Å². The molecule has 3 atom stereocenters. The van der Waals surface area contributed by atoms with E-state index in [9.17, 15) is 19.7 Å². The summed E-state index contributed by atoms with van der Waals surface area (Å²) in [6.45, 7) is 8.44. The zero-order valence-corrected chi connectivity index (χ0v) is 21.1. The van der Waals surface area contributed by atoms with Crippen LogP contribution in [0.5, 0.6) is 0 Å². The van der Waals surface area contributed by atoms with E-state index >= 15 is 0 Å². The van der Waals surface area contributed by atoms with Crippen molar-refractivity contribution in [1.29, 1.82) is 0 Å². The number of piperidine rings is 1. The maximum atomic E-state index is 12.8. The van der Waals surface area contributed by atoms with Crippen LogP contribution in [0.3, 0.4) is 0 Å². The molecule has 5 heterocycles. The highest BCUT2D eigenvalue weighted by atomic mass is 32.1. The zero-order valence-electron chi connectivity index (χ0n) is 20.3. The Balaban J connectivity index is 1.36. The van der Waals surface area contributed by atoms with Gasteiger partial charge in [-0.05, 0) is 29.9 Å². The monoisotopic (exact) mass is 509 g/mol. The normalized spacial score (nSPS) is 25.0. The number of morpholine rings is 1. The molecule has 2 amide bonds. The lowest BCUT2D eigenvalue weighted by Gasteiger charge is -2.25. The average molecular weight is 510 g/mol. The molecule has 1 N–H and O–H groups in total. The fraction of sp³-hybridized carbons (Fsp3) is 0.480. The van der Waals surface area contributed by atoms with Gasteiger partial charge in [0.2, 0.25) is 11.8 Å². The molecule has 3 aromatic rings. The number of hydrogen-bond acceptors (Lipinski definition) is 8. The summed E-state index contributed by atoms with van der Waals surface area (Å²) in [5, 5.41) is 16.0. The molecule has 6 rings (SSSR count). The third kappa shape index (κ3) is 3.48. The van der Waals surface area contributed by atoms with Crippen LogP contribution in [-0.4, -0.2) is 57.0 Å². The fourth-order valence-corrected chi connectivity index (χ4v) is 6.92. The van der Waals surface area contributed by atoms with Gasteiger partial charge in [0.25, 0.3) is 5.69 Å². The first-order chi connectivity index (χ1) is 17.2. The Kier molecular flexibility index (Phi) is 5.29. The predicted molar refractivity (Wildman–Crippen MR) is 133 cm³/mol. The number of carbonyl (C=O) groups is 2. The third-order valence-corrected chi connectivity index (χ3v) is 9.00. The molecule has 2 aliphatic heterocycles. The van der Waals surface area contributed by atoms with Crippen molar-refractivity contribution in [3.05, 3.63) is 45.1 Å². The largest absolute Gasteiger partial charge is 0.374 e. The number of rotatable bonds is 6. The SMILES string of the molecule is Cc1c([N+](=O)[O-])cc(-c2nccc3cc(CN4C(=O)C5C(C4=O)C5(C)C)sc23)n1C[C@H]1CNCCO1. The van der Waals surface area contributed by atoms with E-state index in [1.54, 1.807) is 19.2 Å². The van der Waals surface area contributed by atoms with Gasteiger partial charge in [0.15, 0.2) is 0 Å². The molecule has 3 fully saturated rings. The van der Waals surface area contributed by atoms with Crippen molar-refractivity contribution < 1.29 is 19.2 Å². The molecule has 11 heteroatoms. The molecule has 2 unspecified atom stereocenters. The van der Waals surface area contributed by atoms with E-state index in [1.165, 1.54) is 16.2 Å². The van der Waals surface area contributed by atoms with Crippen molar-refractivity contribution in [1.82, 2.24) is 19.8 Å². The van der Waals surface area contributed by atoms with Gasteiger partial charge in [-0.3, -0.25) is 29.6 Å². The first-order valence-corrected chi connectivity index (χ1v) is 12.9. The number of pyridine rings is 1. The topological polar surface area (TPSA) is 120 Å². The molecule has 36 heavy (non-hydrogen) atoms. The zero-order chi connectivity index (χ0) is 25.4. The number of aromatic nitrogens is 2. The Labute approximate surface area is 211 Å². The van der Waals surface area contributed by atoms with Gasteiger partial charge in [-0.15, -0.1) is 11.3 Å². The second kappa shape index (κ2) is 8.19. The number of likely N-dealkylation sites (tertiary alicyclic amines) is 1. The maximum Gasteiger partial charge on any atom is 0.290 e. The predicted octanol–water partition coefficient (Wildman–Crippen LogP) is 3.11. The van der Waals surface area contributed by atoms with Gasteiger partial charge in [0.1, 0.15) is 5.69 Å². The summed E-state index contributed by atoms with van der Waals surface area (Å²) in [6.07, 6.45) is 1.58. The van der Waals surface area contributed by atoms with Crippen molar-refractivity contribution in [3.8, 4) is 11.4 Å². The second-order valence-electron chi connectivity index (χ2n) is 10.4. The van der Waals surface area contributed by atoms with E-state index < -0.39 is 0 Å². The lowest BCUT2D eigenvalue weighted by atomic mass is 10.1. The number of nitrogens with one attached hydrogen (secondary N) is 1. The van der Waals surface area contributed by atoms with Crippen LogP contribution in [0.1, 0.15) is 24.4 Å². The fourth-order valence-electron chi connectivity index (χ4n) is 5.78. The van der Waals surface area contributed by atoms with Crippen LogP contribution in [0.25, 0.3) is 21.5 Å². The molecule has 188 valence electrons. The number of ether oxygens (including phenoxy) is 1. The first-order valence-electron chi connectivity index (χ1n) is 12.1. The third-order valence-electron chi connectivity index (χ3n) is 7.86. The summed E-state index contributed by atoms with van der Waals surface area (Å²) in [5.41, 5.74) is 1.65. The highest BCUT2D eigenvalue weighted by molar-refractivity contribution is 7.19. The summed E-state index contributed by atoms with van der Waals surface area (Å²) < 4.78 is 8.66. The van der Waals surface area contributed by atoms with E-state index in [0.29, 0.717) is 36.8 Å². The molecule has 0 aromatic carbocycles. The van der Waals surface area contributed by atoms with Crippen molar-refractivity contribution in [2.75, 3.05) is 19.7 Å². The van der Waals surface area contributed by atoms with Crippen molar-refractivity contribution in [3.63, 3.8) is 0 Å². The molecule has 1 aliphatic carbocycles. The Morgan fingerprint density at radius 2 is 2.03 bits per heavy atom. The number of carbonyl (C=O) groups excluding carboxylic acids is 2. The quantitative estimate of drug-likeness (QED) is 0.308. The van der Waals surface area contributed by atoms with E-state index in [1.807, 2.05) is 30.5 Å². The molecule has 0 radical (unpaired) electrons. The second-order valence-corrected chi connectivity index (χ2v) is 11.5. The van der Waals surface area contributed by atoms with Gasteiger partial charge >= 0.3 is 0 Å². The van der Waals surface area contributed by atoms with E-state index in [4.69, 9.17) is 4.74 Å². The Bertz CT molecular complexity index is 1400. The van der Waals surface area contributed by atoms with Crippen LogP contribution in [0, 0.1) is 34.3 Å². The van der Waals surface area contributed by atoms with Gasteiger partial charge in [0, 0.05) is 30.2 Å². The number of nitrogens with zero attached hydrogens (tertiary/aromatic N) is 4. The number of imide groups is 1. The maximum absolute atomic E-state index is 12.8. The lowest BCUT2D eigenvalue weighted by molar-refractivity contribution is -0.385. The van der Waals surface area contributed by atoms with Crippen molar-refractivity contribution in [2.24, 2.45) is 17.3 Å². The molecule has 1 saturated carbocycles. The molecular weight excluding hydrogens is 482 g/mol. The lowest BCUT2D eigenvalue weighted by Crippen LogP contribution is -2.41.